The standard InChI is InChI=1S/C34H51FN4O4/c35-27-20-25-30-33(31(27)37-14-10-23(11-15-37)36-12-4-1-5-13-36)43-28-9-8-22-6-2-3-7-24(22)29(28)39(30)21-26(32(25)40)34(41)38-16-18-42-19-17-38/h21-25,27-31,33H,1-20H2. The molecule has 8 aliphatic rings. The predicted molar refractivity (Wildman–Crippen MR) is 160 cm³/mol. The fourth-order valence-electron chi connectivity index (χ4n) is 10.7. The normalized spacial score (nSPS) is 43.0. The second-order valence-electron chi connectivity index (χ2n) is 14.9. The number of Topliss-reactive ketones (excluding diaryl/α,β-unsaturated/α-hetero) is 1. The number of likely N-dealkylation sites (tertiary alicyclic amines) is 2. The maximum absolute atomic E-state index is 16.6. The number of ketones is 1. The number of halogens is 1. The molecule has 0 N–H and O–H groups in total. The van der Waals surface area contributed by atoms with Gasteiger partial charge in [0.1, 0.15) is 6.17 Å². The number of alkyl halides is 1. The van der Waals surface area contributed by atoms with Crippen molar-refractivity contribution in [2.75, 3.05) is 52.5 Å². The highest BCUT2D eigenvalue weighted by Gasteiger charge is 2.61. The summed E-state index contributed by atoms with van der Waals surface area (Å²) < 4.78 is 29.1. The van der Waals surface area contributed by atoms with Crippen LogP contribution in [0, 0.1) is 17.8 Å². The molecule has 4 saturated heterocycles. The van der Waals surface area contributed by atoms with Crippen LogP contribution in [0.2, 0.25) is 0 Å². The lowest BCUT2D eigenvalue weighted by molar-refractivity contribution is -0.228. The average molecular weight is 599 g/mol. The van der Waals surface area contributed by atoms with Crippen LogP contribution >= 0.6 is 0 Å². The number of amides is 1. The van der Waals surface area contributed by atoms with Crippen LogP contribution in [-0.4, -0.2) is 126 Å². The van der Waals surface area contributed by atoms with Crippen molar-refractivity contribution in [3.8, 4) is 0 Å². The van der Waals surface area contributed by atoms with Crippen LogP contribution in [0.3, 0.4) is 0 Å². The van der Waals surface area contributed by atoms with E-state index in [4.69, 9.17) is 9.47 Å². The van der Waals surface area contributed by atoms with E-state index in [0.29, 0.717) is 44.2 Å². The van der Waals surface area contributed by atoms with Crippen LogP contribution in [0.1, 0.15) is 77.0 Å². The SMILES string of the molecule is O=C1C(C(=O)N2CCOCC2)=CN2C3C(CCC4CCCCC43)OC3C(N4CCC(N5CCCCC5)CC4)C(F)CC1C32. The third-order valence-corrected chi connectivity index (χ3v) is 12.8. The summed E-state index contributed by atoms with van der Waals surface area (Å²) in [4.78, 5) is 37.2. The number of carbonyl (C=O) groups excluding carboxylic acids is 2. The lowest BCUT2D eigenvalue weighted by Gasteiger charge is -2.63. The molecule has 0 bridgehead atoms. The maximum atomic E-state index is 16.6. The molecule has 9 heteroatoms. The van der Waals surface area contributed by atoms with Gasteiger partial charge in [-0.1, -0.05) is 25.7 Å². The Balaban J connectivity index is 1.10. The van der Waals surface area contributed by atoms with Crippen LogP contribution in [0.25, 0.3) is 0 Å². The first-order valence-electron chi connectivity index (χ1n) is 17.8. The quantitative estimate of drug-likeness (QED) is 0.462. The number of hydrogen-bond acceptors (Lipinski definition) is 7. The number of hydrogen-bond donors (Lipinski definition) is 0. The second kappa shape index (κ2) is 12.0. The Hall–Kier alpha value is -1.55. The minimum atomic E-state index is -1.14. The molecule has 3 saturated carbocycles. The van der Waals surface area contributed by atoms with Crippen LogP contribution in [0.15, 0.2) is 11.8 Å². The first kappa shape index (κ1) is 28.9. The Morgan fingerprint density at radius 2 is 1.56 bits per heavy atom. The molecule has 8 nitrogen and oxygen atoms in total. The number of carbonyl (C=O) groups is 2. The van der Waals surface area contributed by atoms with Gasteiger partial charge in [-0.15, -0.1) is 0 Å². The Bertz CT molecular complexity index is 1080. The molecule has 7 fully saturated rings. The van der Waals surface area contributed by atoms with Gasteiger partial charge in [-0.2, -0.15) is 0 Å². The van der Waals surface area contributed by atoms with Gasteiger partial charge >= 0.3 is 0 Å². The van der Waals surface area contributed by atoms with Gasteiger partial charge in [-0.25, -0.2) is 4.39 Å². The molecular weight excluding hydrogens is 547 g/mol. The number of fused-ring (bicyclic) bond motifs is 4. The largest absolute Gasteiger partial charge is 0.378 e. The number of ether oxygens (including phenoxy) is 2. The van der Waals surface area contributed by atoms with Gasteiger partial charge in [0.15, 0.2) is 5.78 Å². The molecule has 5 aliphatic heterocycles. The number of rotatable bonds is 3. The van der Waals surface area contributed by atoms with Crippen molar-refractivity contribution in [1.29, 1.82) is 0 Å². The van der Waals surface area contributed by atoms with Crippen molar-refractivity contribution < 1.29 is 23.5 Å². The van der Waals surface area contributed by atoms with Crippen molar-refractivity contribution in [3.63, 3.8) is 0 Å². The van der Waals surface area contributed by atoms with Gasteiger partial charge < -0.3 is 24.2 Å². The molecule has 43 heavy (non-hydrogen) atoms. The highest BCUT2D eigenvalue weighted by molar-refractivity contribution is 6.20. The molecule has 5 heterocycles. The molecule has 0 spiro atoms. The Morgan fingerprint density at radius 1 is 0.791 bits per heavy atom. The molecule has 0 aromatic carbocycles. The fourth-order valence-corrected chi connectivity index (χ4v) is 10.7. The van der Waals surface area contributed by atoms with Gasteiger partial charge in [0.05, 0.1) is 49.1 Å². The van der Waals surface area contributed by atoms with E-state index in [9.17, 15) is 9.59 Å². The molecule has 238 valence electrons. The van der Waals surface area contributed by atoms with Crippen LogP contribution in [-0.2, 0) is 19.1 Å². The fraction of sp³-hybridized carbons (Fsp3) is 0.882. The van der Waals surface area contributed by atoms with Crippen molar-refractivity contribution in [1.82, 2.24) is 19.6 Å². The van der Waals surface area contributed by atoms with E-state index >= 15 is 4.39 Å². The summed E-state index contributed by atoms with van der Waals surface area (Å²) in [6, 6.07) is 0.264. The molecule has 0 aromatic heterocycles. The predicted octanol–water partition coefficient (Wildman–Crippen LogP) is 3.40. The highest BCUT2D eigenvalue weighted by atomic mass is 19.1. The summed E-state index contributed by atoms with van der Waals surface area (Å²) in [5, 5.41) is 0. The monoisotopic (exact) mass is 598 g/mol. The zero-order chi connectivity index (χ0) is 29.1. The van der Waals surface area contributed by atoms with E-state index in [2.05, 4.69) is 14.7 Å². The number of nitrogens with zero attached hydrogens (tertiary/aromatic N) is 4. The summed E-state index contributed by atoms with van der Waals surface area (Å²) in [6.07, 6.45) is 13.9. The summed E-state index contributed by atoms with van der Waals surface area (Å²) in [5.41, 5.74) is 0.272. The summed E-state index contributed by atoms with van der Waals surface area (Å²) in [5.74, 6) is 0.308. The van der Waals surface area contributed by atoms with Gasteiger partial charge in [-0.3, -0.25) is 14.5 Å². The van der Waals surface area contributed by atoms with Gasteiger partial charge in [0.25, 0.3) is 5.91 Å². The minimum absolute atomic E-state index is 0.0316. The van der Waals surface area contributed by atoms with Crippen molar-refractivity contribution in [2.45, 2.75) is 120 Å². The minimum Gasteiger partial charge on any atom is -0.378 e. The van der Waals surface area contributed by atoms with E-state index in [-0.39, 0.29) is 54.0 Å². The van der Waals surface area contributed by atoms with Gasteiger partial charge in [0, 0.05) is 44.3 Å². The van der Waals surface area contributed by atoms with Crippen LogP contribution < -0.4 is 0 Å². The molecule has 3 aliphatic carbocycles. The van der Waals surface area contributed by atoms with E-state index < -0.39 is 12.1 Å². The zero-order valence-corrected chi connectivity index (χ0v) is 25.8. The Labute approximate surface area is 256 Å². The second-order valence-corrected chi connectivity index (χ2v) is 14.9. The average Bonchev–Trinajstić information content (AvgIpc) is 3.06. The lowest BCUT2D eigenvalue weighted by Crippen LogP contribution is -2.75. The maximum Gasteiger partial charge on any atom is 0.259 e. The summed E-state index contributed by atoms with van der Waals surface area (Å²) in [7, 11) is 0. The first-order valence-corrected chi connectivity index (χ1v) is 17.8. The molecule has 0 radical (unpaired) electrons. The lowest BCUT2D eigenvalue weighted by atomic mass is 9.63. The summed E-state index contributed by atoms with van der Waals surface area (Å²) >= 11 is 0. The van der Waals surface area contributed by atoms with Crippen LogP contribution in [0.4, 0.5) is 4.39 Å². The Morgan fingerprint density at radius 3 is 2.35 bits per heavy atom. The van der Waals surface area contributed by atoms with E-state index in [1.54, 1.807) is 4.90 Å². The molecule has 1 amide bonds. The Kier molecular flexibility index (Phi) is 8.06. The van der Waals surface area contributed by atoms with Crippen molar-refractivity contribution in [2.24, 2.45) is 17.8 Å². The van der Waals surface area contributed by atoms with Gasteiger partial charge in [0.2, 0.25) is 0 Å². The van der Waals surface area contributed by atoms with Crippen molar-refractivity contribution in [3.05, 3.63) is 11.8 Å². The highest BCUT2D eigenvalue weighted by Crippen LogP contribution is 2.52. The number of piperidine rings is 2. The molecular formula is C34H51FN4O4. The third kappa shape index (κ3) is 5.08. The smallest absolute Gasteiger partial charge is 0.259 e. The summed E-state index contributed by atoms with van der Waals surface area (Å²) in [6.45, 7) is 6.19. The van der Waals surface area contributed by atoms with E-state index in [1.807, 2.05) is 6.20 Å². The van der Waals surface area contributed by atoms with Gasteiger partial charge in [-0.05, 0) is 76.3 Å². The zero-order valence-electron chi connectivity index (χ0n) is 25.8. The molecule has 9 unspecified atom stereocenters. The van der Waals surface area contributed by atoms with Crippen molar-refractivity contribution >= 4 is 11.7 Å². The molecule has 0 aromatic rings. The topological polar surface area (TPSA) is 65.6 Å². The van der Waals surface area contributed by atoms with E-state index in [0.717, 1.165) is 32.4 Å². The van der Waals surface area contributed by atoms with E-state index in [1.165, 1.54) is 64.5 Å². The van der Waals surface area contributed by atoms with Crippen LogP contribution in [0.5, 0.6) is 0 Å². The third-order valence-electron chi connectivity index (χ3n) is 12.8. The number of morpholine rings is 2. The molecule has 9 atom stereocenters. The molecule has 8 rings (SSSR count). The first-order chi connectivity index (χ1) is 21.1.